The second-order valence-corrected chi connectivity index (χ2v) is 5.44. The summed E-state index contributed by atoms with van der Waals surface area (Å²) >= 11 is 3.09. The highest BCUT2D eigenvalue weighted by Crippen LogP contribution is 2.27. The molecule has 1 saturated heterocycles. The minimum Gasteiger partial charge on any atom is -0.278 e. The summed E-state index contributed by atoms with van der Waals surface area (Å²) in [5, 5.41) is 0. The molecule has 2 unspecified atom stereocenters. The number of carbonyl (C=O) groups excluding carboxylic acids is 2. The lowest BCUT2D eigenvalue weighted by molar-refractivity contribution is -0.140. The first-order chi connectivity index (χ1) is 8.41. The van der Waals surface area contributed by atoms with Crippen LogP contribution in [0.2, 0.25) is 0 Å². The number of rotatable bonds is 2. The van der Waals surface area contributed by atoms with E-state index in [0.717, 1.165) is 5.56 Å². The van der Waals surface area contributed by atoms with E-state index in [0.29, 0.717) is 4.47 Å². The molecular formula is C13H13BrFNO2. The minimum atomic E-state index is -0.362. The van der Waals surface area contributed by atoms with Crippen LogP contribution in [0.4, 0.5) is 4.39 Å². The molecule has 5 heteroatoms. The van der Waals surface area contributed by atoms with E-state index in [1.54, 1.807) is 26.0 Å². The van der Waals surface area contributed by atoms with Gasteiger partial charge < -0.3 is 0 Å². The van der Waals surface area contributed by atoms with E-state index in [-0.39, 0.29) is 36.0 Å². The molecule has 1 heterocycles. The third-order valence-electron chi connectivity index (χ3n) is 3.39. The van der Waals surface area contributed by atoms with Crippen molar-refractivity contribution >= 4 is 27.7 Å². The SMILES string of the molecule is CC1C(=O)N(Cc2ccc(F)c(Br)c2)C(=O)C1C. The van der Waals surface area contributed by atoms with Crippen LogP contribution in [0.5, 0.6) is 0 Å². The van der Waals surface area contributed by atoms with Gasteiger partial charge in [-0.2, -0.15) is 0 Å². The van der Waals surface area contributed by atoms with Crippen LogP contribution in [0.1, 0.15) is 19.4 Å². The Labute approximate surface area is 113 Å². The minimum absolute atomic E-state index is 0.159. The normalized spacial score (nSPS) is 23.9. The van der Waals surface area contributed by atoms with Crippen molar-refractivity contribution in [2.75, 3.05) is 0 Å². The molecular weight excluding hydrogens is 301 g/mol. The maximum absolute atomic E-state index is 13.1. The van der Waals surface area contributed by atoms with Gasteiger partial charge in [0.25, 0.3) is 0 Å². The van der Waals surface area contributed by atoms with Gasteiger partial charge in [0.05, 0.1) is 11.0 Å². The first-order valence-corrected chi connectivity index (χ1v) is 6.50. The van der Waals surface area contributed by atoms with Crippen molar-refractivity contribution in [1.82, 2.24) is 4.90 Å². The van der Waals surface area contributed by atoms with Crippen LogP contribution in [0.15, 0.2) is 22.7 Å². The molecule has 3 nitrogen and oxygen atoms in total. The van der Waals surface area contributed by atoms with Gasteiger partial charge in [-0.25, -0.2) is 4.39 Å². The smallest absolute Gasteiger partial charge is 0.233 e. The molecule has 0 aromatic heterocycles. The van der Waals surface area contributed by atoms with Crippen molar-refractivity contribution in [3.05, 3.63) is 34.1 Å². The van der Waals surface area contributed by atoms with Gasteiger partial charge in [-0.05, 0) is 33.6 Å². The third-order valence-corrected chi connectivity index (χ3v) is 3.99. The lowest BCUT2D eigenvalue weighted by Gasteiger charge is -2.14. The van der Waals surface area contributed by atoms with E-state index < -0.39 is 0 Å². The number of benzene rings is 1. The molecule has 18 heavy (non-hydrogen) atoms. The molecule has 0 saturated carbocycles. The van der Waals surface area contributed by atoms with E-state index in [4.69, 9.17) is 0 Å². The molecule has 1 aromatic carbocycles. The quantitative estimate of drug-likeness (QED) is 0.787. The number of hydrogen-bond donors (Lipinski definition) is 0. The predicted molar refractivity (Wildman–Crippen MR) is 68.0 cm³/mol. The van der Waals surface area contributed by atoms with E-state index >= 15 is 0 Å². The fraction of sp³-hybridized carbons (Fsp3) is 0.385. The summed E-state index contributed by atoms with van der Waals surface area (Å²) in [6.45, 7) is 3.71. The lowest BCUT2D eigenvalue weighted by atomic mass is 10.00. The molecule has 0 radical (unpaired) electrons. The third kappa shape index (κ3) is 2.19. The van der Waals surface area contributed by atoms with Crippen LogP contribution in [-0.4, -0.2) is 16.7 Å². The molecule has 1 fully saturated rings. The van der Waals surface area contributed by atoms with Crippen molar-refractivity contribution in [2.24, 2.45) is 11.8 Å². The Kier molecular flexibility index (Phi) is 3.52. The number of amides is 2. The maximum Gasteiger partial charge on any atom is 0.233 e. The average Bonchev–Trinajstić information content (AvgIpc) is 2.52. The Bertz CT molecular complexity index is 498. The zero-order valence-electron chi connectivity index (χ0n) is 10.1. The largest absolute Gasteiger partial charge is 0.278 e. The number of halogens is 2. The summed E-state index contributed by atoms with van der Waals surface area (Å²) in [7, 11) is 0. The molecule has 1 aliphatic rings. The van der Waals surface area contributed by atoms with Crippen LogP contribution in [-0.2, 0) is 16.1 Å². The Morgan fingerprint density at radius 1 is 1.22 bits per heavy atom. The number of carbonyl (C=O) groups is 2. The Hall–Kier alpha value is -1.23. The van der Waals surface area contributed by atoms with Gasteiger partial charge in [0.2, 0.25) is 11.8 Å². The number of hydrogen-bond acceptors (Lipinski definition) is 2. The van der Waals surface area contributed by atoms with E-state index in [1.807, 2.05) is 0 Å². The van der Waals surface area contributed by atoms with Gasteiger partial charge in [-0.3, -0.25) is 14.5 Å². The first kappa shape index (κ1) is 13.2. The van der Waals surface area contributed by atoms with Gasteiger partial charge >= 0.3 is 0 Å². The highest BCUT2D eigenvalue weighted by molar-refractivity contribution is 9.10. The molecule has 0 spiro atoms. The summed E-state index contributed by atoms with van der Waals surface area (Å²) < 4.78 is 13.4. The van der Waals surface area contributed by atoms with Gasteiger partial charge in [0, 0.05) is 11.8 Å². The molecule has 0 aliphatic carbocycles. The monoisotopic (exact) mass is 313 g/mol. The molecule has 2 rings (SSSR count). The first-order valence-electron chi connectivity index (χ1n) is 5.71. The molecule has 1 aromatic rings. The van der Waals surface area contributed by atoms with Gasteiger partial charge in [0.1, 0.15) is 5.82 Å². The average molecular weight is 314 g/mol. The Morgan fingerprint density at radius 3 is 2.28 bits per heavy atom. The summed E-state index contributed by atoms with van der Waals surface area (Å²) in [6.07, 6.45) is 0. The van der Waals surface area contributed by atoms with Crippen LogP contribution in [0.3, 0.4) is 0 Å². The highest BCUT2D eigenvalue weighted by Gasteiger charge is 2.41. The summed E-state index contributed by atoms with van der Waals surface area (Å²) in [5.41, 5.74) is 0.728. The summed E-state index contributed by atoms with van der Waals surface area (Å²) in [5.74, 6) is -1.23. The zero-order chi connectivity index (χ0) is 13.4. The van der Waals surface area contributed by atoms with Crippen LogP contribution < -0.4 is 0 Å². The fourth-order valence-electron chi connectivity index (χ4n) is 2.00. The molecule has 2 atom stereocenters. The van der Waals surface area contributed by atoms with Crippen molar-refractivity contribution in [2.45, 2.75) is 20.4 Å². The van der Waals surface area contributed by atoms with E-state index in [2.05, 4.69) is 15.9 Å². The van der Waals surface area contributed by atoms with E-state index in [9.17, 15) is 14.0 Å². The number of imide groups is 1. The van der Waals surface area contributed by atoms with Crippen LogP contribution in [0.25, 0.3) is 0 Å². The molecule has 2 amide bonds. The Balaban J connectivity index is 2.21. The van der Waals surface area contributed by atoms with Gasteiger partial charge in [0.15, 0.2) is 0 Å². The van der Waals surface area contributed by atoms with Crippen molar-refractivity contribution in [3.63, 3.8) is 0 Å². The van der Waals surface area contributed by atoms with Gasteiger partial charge in [-0.1, -0.05) is 19.9 Å². The lowest BCUT2D eigenvalue weighted by Crippen LogP contribution is -2.30. The summed E-state index contributed by atoms with van der Waals surface area (Å²) in [6, 6.07) is 4.48. The van der Waals surface area contributed by atoms with Gasteiger partial charge in [-0.15, -0.1) is 0 Å². The van der Waals surface area contributed by atoms with Crippen molar-refractivity contribution < 1.29 is 14.0 Å². The topological polar surface area (TPSA) is 37.4 Å². The molecule has 96 valence electrons. The fourth-order valence-corrected chi connectivity index (χ4v) is 2.43. The van der Waals surface area contributed by atoms with E-state index in [1.165, 1.54) is 11.0 Å². The standard InChI is InChI=1S/C13H13BrFNO2/c1-7-8(2)13(18)16(12(7)17)6-9-3-4-11(15)10(14)5-9/h3-5,7-8H,6H2,1-2H3. The predicted octanol–water partition coefficient (Wildman–Crippen LogP) is 2.73. The van der Waals surface area contributed by atoms with Crippen LogP contribution >= 0.6 is 15.9 Å². The molecule has 0 N–H and O–H groups in total. The second-order valence-electron chi connectivity index (χ2n) is 4.59. The summed E-state index contributed by atoms with van der Waals surface area (Å²) in [4.78, 5) is 25.0. The molecule has 0 bridgehead atoms. The Morgan fingerprint density at radius 2 is 1.78 bits per heavy atom. The second kappa shape index (κ2) is 4.80. The highest BCUT2D eigenvalue weighted by atomic mass is 79.9. The number of likely N-dealkylation sites (tertiary alicyclic amines) is 1. The zero-order valence-corrected chi connectivity index (χ0v) is 11.7. The maximum atomic E-state index is 13.1. The van der Waals surface area contributed by atoms with Crippen molar-refractivity contribution in [1.29, 1.82) is 0 Å². The molecule has 1 aliphatic heterocycles. The van der Waals surface area contributed by atoms with Crippen molar-refractivity contribution in [3.8, 4) is 0 Å². The van der Waals surface area contributed by atoms with Crippen LogP contribution in [0, 0.1) is 17.7 Å². The number of nitrogens with zero attached hydrogens (tertiary/aromatic N) is 1.